The first-order valence-electron chi connectivity index (χ1n) is 4.22. The first kappa shape index (κ1) is 9.83. The molecule has 0 radical (unpaired) electrons. The Balaban J connectivity index is 3.11. The van der Waals surface area contributed by atoms with Gasteiger partial charge in [-0.2, -0.15) is 4.98 Å². The van der Waals surface area contributed by atoms with E-state index in [1.165, 1.54) is 0 Å². The van der Waals surface area contributed by atoms with E-state index in [-0.39, 0.29) is 5.54 Å². The van der Waals surface area contributed by atoms with Crippen molar-refractivity contribution < 1.29 is 0 Å². The third-order valence-electron chi connectivity index (χ3n) is 1.66. The van der Waals surface area contributed by atoms with Gasteiger partial charge in [0.05, 0.1) is 5.54 Å². The average molecular weight is 183 g/mol. The number of hydrogen-bond acceptors (Lipinski definition) is 4. The minimum absolute atomic E-state index is 0.120. The molecule has 0 saturated carbocycles. The predicted octanol–water partition coefficient (Wildman–Crippen LogP) is 0.681. The molecule has 1 aromatic rings. The maximum atomic E-state index is 5.73. The van der Waals surface area contributed by atoms with Crippen LogP contribution in [0.15, 0.2) is 0 Å². The van der Waals surface area contributed by atoms with Crippen molar-refractivity contribution in [2.24, 2.45) is 0 Å². The van der Waals surface area contributed by atoms with Crippen molar-refractivity contribution >= 4 is 11.9 Å². The summed E-state index contributed by atoms with van der Waals surface area (Å²) in [7, 11) is 3.78. The van der Waals surface area contributed by atoms with Crippen LogP contribution in [0.2, 0.25) is 0 Å². The van der Waals surface area contributed by atoms with Gasteiger partial charge in [0.2, 0.25) is 11.9 Å². The zero-order chi connectivity index (χ0) is 10.2. The number of hydrogen-bond donors (Lipinski definition) is 1. The summed E-state index contributed by atoms with van der Waals surface area (Å²) < 4.78 is 1.72. The first-order chi connectivity index (χ1) is 5.82. The van der Waals surface area contributed by atoms with Crippen molar-refractivity contribution in [1.29, 1.82) is 0 Å². The number of nitrogen functional groups attached to an aromatic ring is 1. The Bertz CT molecular complexity index is 294. The molecule has 0 aliphatic heterocycles. The zero-order valence-corrected chi connectivity index (χ0v) is 8.87. The van der Waals surface area contributed by atoms with Crippen LogP contribution in [-0.4, -0.2) is 28.9 Å². The average Bonchev–Trinajstić information content (AvgIpc) is 2.29. The largest absolute Gasteiger partial charge is 0.368 e. The fourth-order valence-corrected chi connectivity index (χ4v) is 0.996. The first-order valence-corrected chi connectivity index (χ1v) is 4.22. The molecule has 0 unspecified atom stereocenters. The highest BCUT2D eigenvalue weighted by Gasteiger charge is 2.19. The molecule has 1 heterocycles. The van der Waals surface area contributed by atoms with Crippen LogP contribution in [0.5, 0.6) is 0 Å². The Hall–Kier alpha value is -1.26. The molecule has 13 heavy (non-hydrogen) atoms. The van der Waals surface area contributed by atoms with Crippen LogP contribution >= 0.6 is 0 Å². The van der Waals surface area contributed by atoms with E-state index in [4.69, 9.17) is 5.73 Å². The number of nitrogens with zero attached hydrogens (tertiary/aromatic N) is 4. The Morgan fingerprint density at radius 1 is 1.31 bits per heavy atom. The summed E-state index contributed by atoms with van der Waals surface area (Å²) in [4.78, 5) is 5.96. The number of aromatic nitrogens is 3. The van der Waals surface area contributed by atoms with Gasteiger partial charge in [0, 0.05) is 14.1 Å². The van der Waals surface area contributed by atoms with E-state index >= 15 is 0 Å². The fourth-order valence-electron chi connectivity index (χ4n) is 0.996. The lowest BCUT2D eigenvalue weighted by atomic mass is 10.1. The fraction of sp³-hybridized carbons (Fsp3) is 0.750. The molecule has 0 amide bonds. The highest BCUT2D eigenvalue weighted by atomic mass is 15.5. The van der Waals surface area contributed by atoms with Crippen molar-refractivity contribution in [3.05, 3.63) is 0 Å². The molecular formula is C8H17N5. The van der Waals surface area contributed by atoms with E-state index in [0.29, 0.717) is 11.9 Å². The second kappa shape index (κ2) is 2.90. The van der Waals surface area contributed by atoms with Crippen molar-refractivity contribution in [2.45, 2.75) is 26.3 Å². The molecule has 0 saturated heterocycles. The highest BCUT2D eigenvalue weighted by molar-refractivity contribution is 5.33. The minimum Gasteiger partial charge on any atom is -0.368 e. The quantitative estimate of drug-likeness (QED) is 0.695. The molecule has 0 aliphatic carbocycles. The molecule has 0 fully saturated rings. The lowest BCUT2D eigenvalue weighted by Gasteiger charge is -2.19. The van der Waals surface area contributed by atoms with Crippen molar-refractivity contribution in [1.82, 2.24) is 14.8 Å². The van der Waals surface area contributed by atoms with Gasteiger partial charge in [0.15, 0.2) is 0 Å². The number of anilines is 2. The molecule has 1 rings (SSSR count). The van der Waals surface area contributed by atoms with E-state index in [0.717, 1.165) is 0 Å². The van der Waals surface area contributed by atoms with E-state index < -0.39 is 0 Å². The van der Waals surface area contributed by atoms with Gasteiger partial charge in [0.1, 0.15) is 0 Å². The molecule has 0 spiro atoms. The van der Waals surface area contributed by atoms with Crippen LogP contribution in [0.25, 0.3) is 0 Å². The van der Waals surface area contributed by atoms with E-state index in [9.17, 15) is 0 Å². The summed E-state index contributed by atoms with van der Waals surface area (Å²) in [5, 5.41) is 4.29. The topological polar surface area (TPSA) is 60.0 Å². The van der Waals surface area contributed by atoms with Gasteiger partial charge in [-0.3, -0.25) is 0 Å². The summed E-state index contributed by atoms with van der Waals surface area (Å²) in [5.74, 6) is 1.10. The number of rotatable bonds is 1. The Labute approximate surface area is 78.5 Å². The minimum atomic E-state index is -0.120. The molecule has 0 aliphatic rings. The van der Waals surface area contributed by atoms with Gasteiger partial charge in [-0.15, -0.1) is 5.10 Å². The van der Waals surface area contributed by atoms with Crippen molar-refractivity contribution in [3.8, 4) is 0 Å². The van der Waals surface area contributed by atoms with E-state index in [1.807, 2.05) is 39.8 Å². The van der Waals surface area contributed by atoms with Gasteiger partial charge in [-0.05, 0) is 20.8 Å². The van der Waals surface area contributed by atoms with Gasteiger partial charge >= 0.3 is 0 Å². The Kier molecular flexibility index (Phi) is 2.19. The van der Waals surface area contributed by atoms with Gasteiger partial charge in [-0.25, -0.2) is 4.68 Å². The van der Waals surface area contributed by atoms with Crippen molar-refractivity contribution in [3.63, 3.8) is 0 Å². The SMILES string of the molecule is CN(C)c1nc(N)n(C(C)(C)C)n1. The lowest BCUT2D eigenvalue weighted by molar-refractivity contribution is 0.361. The molecule has 0 bridgehead atoms. The van der Waals surface area contributed by atoms with Crippen molar-refractivity contribution in [2.75, 3.05) is 24.7 Å². The molecule has 2 N–H and O–H groups in total. The molecule has 1 aromatic heterocycles. The maximum Gasteiger partial charge on any atom is 0.246 e. The summed E-state index contributed by atoms with van der Waals surface area (Å²) in [6, 6.07) is 0. The Morgan fingerprint density at radius 2 is 1.85 bits per heavy atom. The van der Waals surface area contributed by atoms with Crippen LogP contribution in [0.3, 0.4) is 0 Å². The highest BCUT2D eigenvalue weighted by Crippen LogP contribution is 2.18. The van der Waals surface area contributed by atoms with Crippen LogP contribution in [0.1, 0.15) is 20.8 Å². The molecule has 5 nitrogen and oxygen atoms in total. The summed E-state index contributed by atoms with van der Waals surface area (Å²) >= 11 is 0. The monoisotopic (exact) mass is 183 g/mol. The maximum absolute atomic E-state index is 5.73. The smallest absolute Gasteiger partial charge is 0.246 e. The second-order valence-corrected chi connectivity index (χ2v) is 4.25. The summed E-state index contributed by atoms with van der Waals surface area (Å²) in [5.41, 5.74) is 5.61. The van der Waals surface area contributed by atoms with Gasteiger partial charge < -0.3 is 10.6 Å². The zero-order valence-electron chi connectivity index (χ0n) is 8.87. The molecule has 5 heteroatoms. The summed E-state index contributed by atoms with van der Waals surface area (Å²) in [6.07, 6.45) is 0. The Morgan fingerprint density at radius 3 is 2.08 bits per heavy atom. The van der Waals surface area contributed by atoms with Gasteiger partial charge in [0.25, 0.3) is 0 Å². The third kappa shape index (κ3) is 1.91. The molecular weight excluding hydrogens is 166 g/mol. The third-order valence-corrected chi connectivity index (χ3v) is 1.66. The number of nitrogens with two attached hydrogens (primary N) is 1. The second-order valence-electron chi connectivity index (χ2n) is 4.25. The van der Waals surface area contributed by atoms with Crippen LogP contribution in [-0.2, 0) is 5.54 Å². The van der Waals surface area contributed by atoms with E-state index in [2.05, 4.69) is 10.1 Å². The van der Waals surface area contributed by atoms with Crippen LogP contribution in [0, 0.1) is 0 Å². The van der Waals surface area contributed by atoms with Crippen LogP contribution < -0.4 is 10.6 Å². The van der Waals surface area contributed by atoms with Crippen LogP contribution in [0.4, 0.5) is 11.9 Å². The molecule has 0 atom stereocenters. The molecule has 0 aromatic carbocycles. The normalized spacial score (nSPS) is 11.8. The lowest BCUT2D eigenvalue weighted by Crippen LogP contribution is -2.25. The van der Waals surface area contributed by atoms with E-state index in [1.54, 1.807) is 4.68 Å². The van der Waals surface area contributed by atoms with Gasteiger partial charge in [-0.1, -0.05) is 0 Å². The molecule has 74 valence electrons. The predicted molar refractivity (Wildman–Crippen MR) is 53.8 cm³/mol. The standard InChI is InChI=1S/C8H17N5/c1-8(2,3)13-6(9)10-7(11-13)12(4)5/h1-5H3,(H2,9,10,11). The summed E-state index contributed by atoms with van der Waals surface area (Å²) in [6.45, 7) is 6.12.